The van der Waals surface area contributed by atoms with Crippen molar-refractivity contribution in [1.29, 1.82) is 0 Å². The lowest BCUT2D eigenvalue weighted by atomic mass is 10.1. The SMILES string of the molecule is CN(C)CCCN(C)c1nc2ccccc2cc1CO. The Kier molecular flexibility index (Phi) is 4.93. The van der Waals surface area contributed by atoms with E-state index in [0.717, 1.165) is 41.8 Å². The van der Waals surface area contributed by atoms with Crippen LogP contribution < -0.4 is 4.90 Å². The fourth-order valence-electron chi connectivity index (χ4n) is 2.33. The molecule has 0 amide bonds. The van der Waals surface area contributed by atoms with Gasteiger partial charge < -0.3 is 14.9 Å². The van der Waals surface area contributed by atoms with Gasteiger partial charge in [-0.3, -0.25) is 0 Å². The van der Waals surface area contributed by atoms with Gasteiger partial charge >= 0.3 is 0 Å². The number of benzene rings is 1. The molecule has 0 spiro atoms. The minimum Gasteiger partial charge on any atom is -0.392 e. The molecule has 0 radical (unpaired) electrons. The van der Waals surface area contributed by atoms with Gasteiger partial charge in [0, 0.05) is 24.5 Å². The minimum atomic E-state index is 0.0190. The van der Waals surface area contributed by atoms with Gasteiger partial charge in [-0.25, -0.2) is 4.98 Å². The van der Waals surface area contributed by atoms with Crippen molar-refractivity contribution in [3.8, 4) is 0 Å². The molecule has 0 bridgehead atoms. The first-order chi connectivity index (χ1) is 9.61. The molecule has 2 aromatic rings. The summed E-state index contributed by atoms with van der Waals surface area (Å²) in [6.45, 7) is 1.99. The molecule has 0 aliphatic rings. The summed E-state index contributed by atoms with van der Waals surface area (Å²) in [6, 6.07) is 10.0. The summed E-state index contributed by atoms with van der Waals surface area (Å²) in [4.78, 5) is 9.00. The zero-order valence-electron chi connectivity index (χ0n) is 12.5. The first-order valence-corrected chi connectivity index (χ1v) is 6.97. The molecule has 0 aliphatic carbocycles. The summed E-state index contributed by atoms with van der Waals surface area (Å²) in [6.07, 6.45) is 1.07. The first kappa shape index (κ1) is 14.8. The quantitative estimate of drug-likeness (QED) is 0.875. The van der Waals surface area contributed by atoms with E-state index in [2.05, 4.69) is 23.9 Å². The van der Waals surface area contributed by atoms with Crippen molar-refractivity contribution in [2.45, 2.75) is 13.0 Å². The standard InChI is InChI=1S/C16H23N3O/c1-18(2)9-6-10-19(3)16-14(12-20)11-13-7-4-5-8-15(13)17-16/h4-5,7-8,11,20H,6,9-10,12H2,1-3H3. The number of fused-ring (bicyclic) bond motifs is 1. The molecule has 0 atom stereocenters. The summed E-state index contributed by atoms with van der Waals surface area (Å²) in [5.41, 5.74) is 1.86. The van der Waals surface area contributed by atoms with Crippen LogP contribution in [0.15, 0.2) is 30.3 Å². The lowest BCUT2D eigenvalue weighted by Gasteiger charge is -2.22. The summed E-state index contributed by atoms with van der Waals surface area (Å²) in [5.74, 6) is 0.880. The van der Waals surface area contributed by atoms with E-state index in [1.807, 2.05) is 37.4 Å². The molecular weight excluding hydrogens is 250 g/mol. The van der Waals surface area contributed by atoms with Gasteiger partial charge in [0.1, 0.15) is 5.82 Å². The largest absolute Gasteiger partial charge is 0.392 e. The number of hydrogen-bond acceptors (Lipinski definition) is 4. The highest BCUT2D eigenvalue weighted by molar-refractivity contribution is 5.81. The van der Waals surface area contributed by atoms with Crippen LogP contribution in [0.4, 0.5) is 5.82 Å². The number of aromatic nitrogens is 1. The zero-order valence-corrected chi connectivity index (χ0v) is 12.5. The van der Waals surface area contributed by atoms with Gasteiger partial charge in [-0.1, -0.05) is 18.2 Å². The van der Waals surface area contributed by atoms with Crippen molar-refractivity contribution in [2.75, 3.05) is 39.1 Å². The van der Waals surface area contributed by atoms with E-state index in [1.165, 1.54) is 0 Å². The molecule has 0 aliphatic heterocycles. The van der Waals surface area contributed by atoms with Crippen molar-refractivity contribution in [1.82, 2.24) is 9.88 Å². The molecular formula is C16H23N3O. The maximum atomic E-state index is 9.57. The Morgan fingerprint density at radius 1 is 1.10 bits per heavy atom. The van der Waals surface area contributed by atoms with Gasteiger partial charge in [-0.05, 0) is 39.2 Å². The number of aliphatic hydroxyl groups excluding tert-OH is 1. The lowest BCUT2D eigenvalue weighted by molar-refractivity contribution is 0.282. The number of hydrogen-bond donors (Lipinski definition) is 1. The smallest absolute Gasteiger partial charge is 0.134 e. The number of nitrogens with zero attached hydrogens (tertiary/aromatic N) is 3. The Bertz CT molecular complexity index is 569. The van der Waals surface area contributed by atoms with E-state index in [4.69, 9.17) is 4.98 Å². The summed E-state index contributed by atoms with van der Waals surface area (Å²) in [5, 5.41) is 10.6. The number of pyridine rings is 1. The fourth-order valence-corrected chi connectivity index (χ4v) is 2.33. The van der Waals surface area contributed by atoms with Gasteiger partial charge in [0.25, 0.3) is 0 Å². The number of aliphatic hydroxyl groups is 1. The average molecular weight is 273 g/mol. The number of para-hydroxylation sites is 1. The monoisotopic (exact) mass is 273 g/mol. The Morgan fingerprint density at radius 2 is 1.85 bits per heavy atom. The molecule has 2 rings (SSSR count). The van der Waals surface area contributed by atoms with Crippen LogP contribution in [0, 0.1) is 0 Å². The second-order valence-electron chi connectivity index (χ2n) is 5.40. The maximum Gasteiger partial charge on any atom is 0.134 e. The van der Waals surface area contributed by atoms with Crippen molar-refractivity contribution >= 4 is 16.7 Å². The van der Waals surface area contributed by atoms with Crippen LogP contribution in [-0.4, -0.2) is 49.2 Å². The van der Waals surface area contributed by atoms with Crippen molar-refractivity contribution in [2.24, 2.45) is 0 Å². The molecule has 0 saturated carbocycles. The van der Waals surface area contributed by atoms with Gasteiger partial charge in [0.2, 0.25) is 0 Å². The third-order valence-corrected chi connectivity index (χ3v) is 3.41. The molecule has 20 heavy (non-hydrogen) atoms. The van der Waals surface area contributed by atoms with Crippen LogP contribution in [0.25, 0.3) is 10.9 Å². The van der Waals surface area contributed by atoms with Crippen molar-refractivity contribution in [3.05, 3.63) is 35.9 Å². The van der Waals surface area contributed by atoms with E-state index >= 15 is 0 Å². The van der Waals surface area contributed by atoms with Crippen molar-refractivity contribution in [3.63, 3.8) is 0 Å². The molecule has 1 N–H and O–H groups in total. The van der Waals surface area contributed by atoms with Gasteiger partial charge in [0.05, 0.1) is 12.1 Å². The molecule has 108 valence electrons. The fraction of sp³-hybridized carbons (Fsp3) is 0.438. The molecule has 0 unspecified atom stereocenters. The Balaban J connectivity index is 2.22. The average Bonchev–Trinajstić information content (AvgIpc) is 2.45. The van der Waals surface area contributed by atoms with Crippen LogP contribution in [0.2, 0.25) is 0 Å². The minimum absolute atomic E-state index is 0.0190. The highest BCUT2D eigenvalue weighted by Crippen LogP contribution is 2.23. The second-order valence-corrected chi connectivity index (χ2v) is 5.40. The molecule has 0 saturated heterocycles. The third-order valence-electron chi connectivity index (χ3n) is 3.41. The second kappa shape index (κ2) is 6.68. The van der Waals surface area contributed by atoms with E-state index in [1.54, 1.807) is 0 Å². The first-order valence-electron chi connectivity index (χ1n) is 6.97. The van der Waals surface area contributed by atoms with Crippen molar-refractivity contribution < 1.29 is 5.11 Å². The van der Waals surface area contributed by atoms with Gasteiger partial charge in [0.15, 0.2) is 0 Å². The van der Waals surface area contributed by atoms with E-state index < -0.39 is 0 Å². The van der Waals surface area contributed by atoms with Gasteiger partial charge in [-0.15, -0.1) is 0 Å². The van der Waals surface area contributed by atoms with Crippen LogP contribution in [0.5, 0.6) is 0 Å². The van der Waals surface area contributed by atoms with Crippen LogP contribution in [0.1, 0.15) is 12.0 Å². The highest BCUT2D eigenvalue weighted by Gasteiger charge is 2.10. The Labute approximate surface area is 120 Å². The summed E-state index contributed by atoms with van der Waals surface area (Å²) >= 11 is 0. The molecule has 1 aromatic heterocycles. The molecule has 1 aromatic carbocycles. The molecule has 4 heteroatoms. The lowest BCUT2D eigenvalue weighted by Crippen LogP contribution is -2.25. The maximum absolute atomic E-state index is 9.57. The Hall–Kier alpha value is -1.65. The predicted octanol–water partition coefficient (Wildman–Crippen LogP) is 2.12. The van der Waals surface area contributed by atoms with E-state index in [0.29, 0.717) is 0 Å². The van der Waals surface area contributed by atoms with Crippen LogP contribution >= 0.6 is 0 Å². The molecule has 1 heterocycles. The van der Waals surface area contributed by atoms with E-state index in [-0.39, 0.29) is 6.61 Å². The normalized spacial score (nSPS) is 11.2. The number of anilines is 1. The number of rotatable bonds is 6. The molecule has 0 fully saturated rings. The van der Waals surface area contributed by atoms with Gasteiger partial charge in [-0.2, -0.15) is 0 Å². The van der Waals surface area contributed by atoms with Crippen LogP contribution in [-0.2, 0) is 6.61 Å². The molecule has 4 nitrogen and oxygen atoms in total. The third kappa shape index (κ3) is 3.46. The highest BCUT2D eigenvalue weighted by atomic mass is 16.3. The summed E-state index contributed by atoms with van der Waals surface area (Å²) < 4.78 is 0. The van der Waals surface area contributed by atoms with Crippen LogP contribution in [0.3, 0.4) is 0 Å². The topological polar surface area (TPSA) is 39.6 Å². The van der Waals surface area contributed by atoms with E-state index in [9.17, 15) is 5.11 Å². The zero-order chi connectivity index (χ0) is 14.5. The Morgan fingerprint density at radius 3 is 2.55 bits per heavy atom. The summed E-state index contributed by atoms with van der Waals surface area (Å²) in [7, 11) is 6.19. The predicted molar refractivity (Wildman–Crippen MR) is 84.1 cm³/mol.